The lowest BCUT2D eigenvalue weighted by Gasteiger charge is -2.15. The number of hydrogen-bond acceptors (Lipinski definition) is 6. The summed E-state index contributed by atoms with van der Waals surface area (Å²) in [6, 6.07) is 1.43. The van der Waals surface area contributed by atoms with Crippen LogP contribution in [0.3, 0.4) is 0 Å². The predicted molar refractivity (Wildman–Crippen MR) is 79.3 cm³/mol. The van der Waals surface area contributed by atoms with Gasteiger partial charge in [0.15, 0.2) is 22.9 Å². The second-order valence-corrected chi connectivity index (χ2v) is 5.16. The first-order valence-electron chi connectivity index (χ1n) is 5.44. The number of pyridine rings is 1. The number of ether oxygens (including phenoxy) is 4. The van der Waals surface area contributed by atoms with E-state index < -0.39 is 12.3 Å². The minimum atomic E-state index is -2.25. The zero-order valence-electron chi connectivity index (χ0n) is 10.7. The summed E-state index contributed by atoms with van der Waals surface area (Å²) in [7, 11) is 1.44. The maximum absolute atomic E-state index is 13.6. The minimum Gasteiger partial charge on any atom is -0.461 e. The number of carbonyl (C=O) groups excluding carboxylic acids is 1. The highest BCUT2D eigenvalue weighted by atomic mass is 127. The molecule has 0 amide bonds. The van der Waals surface area contributed by atoms with Gasteiger partial charge in [-0.3, -0.25) is 0 Å². The Morgan fingerprint density at radius 2 is 2.30 bits per heavy atom. The molecule has 6 nitrogen and oxygen atoms in total. The van der Waals surface area contributed by atoms with Crippen LogP contribution in [0.5, 0.6) is 11.5 Å². The molecule has 0 bridgehead atoms. The molecule has 0 aliphatic heterocycles. The van der Waals surface area contributed by atoms with Gasteiger partial charge in [0.1, 0.15) is 3.70 Å². The van der Waals surface area contributed by atoms with Crippen molar-refractivity contribution in [2.75, 3.05) is 20.5 Å². The fraction of sp³-hybridized carbons (Fsp3) is 0.455. The van der Waals surface area contributed by atoms with Crippen LogP contribution in [0.25, 0.3) is 0 Å². The molecule has 1 atom stereocenters. The SMILES string of the molecule is CCOC(=O)C(F)Oc1cc(I)nc(Br)c1OCOC. The third-order valence-electron chi connectivity index (χ3n) is 1.89. The largest absolute Gasteiger partial charge is 0.461 e. The molecule has 0 aromatic carbocycles. The molecular formula is C11H12BrFINO5. The van der Waals surface area contributed by atoms with Gasteiger partial charge in [-0.05, 0) is 45.4 Å². The van der Waals surface area contributed by atoms with Gasteiger partial charge in [0, 0.05) is 13.2 Å². The number of nitrogens with zero attached hydrogens (tertiary/aromatic N) is 1. The lowest BCUT2D eigenvalue weighted by Crippen LogP contribution is -2.25. The summed E-state index contributed by atoms with van der Waals surface area (Å²) >= 11 is 5.09. The number of alkyl halides is 1. The van der Waals surface area contributed by atoms with E-state index in [-0.39, 0.29) is 24.9 Å². The molecule has 20 heavy (non-hydrogen) atoms. The van der Waals surface area contributed by atoms with E-state index in [0.717, 1.165) is 0 Å². The van der Waals surface area contributed by atoms with Crippen molar-refractivity contribution in [1.82, 2.24) is 4.98 Å². The van der Waals surface area contributed by atoms with E-state index in [0.29, 0.717) is 8.30 Å². The van der Waals surface area contributed by atoms with E-state index >= 15 is 0 Å². The van der Waals surface area contributed by atoms with Crippen LogP contribution >= 0.6 is 38.5 Å². The molecule has 0 spiro atoms. The highest BCUT2D eigenvalue weighted by molar-refractivity contribution is 14.1. The molecule has 1 heterocycles. The molecule has 0 radical (unpaired) electrons. The minimum absolute atomic E-state index is 0.0221. The molecule has 112 valence electrons. The van der Waals surface area contributed by atoms with E-state index in [1.165, 1.54) is 13.2 Å². The molecular weight excluding hydrogens is 452 g/mol. The Morgan fingerprint density at radius 3 is 2.90 bits per heavy atom. The van der Waals surface area contributed by atoms with Crippen molar-refractivity contribution in [2.45, 2.75) is 13.3 Å². The number of rotatable bonds is 7. The summed E-state index contributed by atoms with van der Waals surface area (Å²) in [5.41, 5.74) is 0. The first kappa shape index (κ1) is 17.4. The van der Waals surface area contributed by atoms with Gasteiger partial charge in [-0.25, -0.2) is 9.78 Å². The lowest BCUT2D eigenvalue weighted by molar-refractivity contribution is -0.160. The Hall–Kier alpha value is -0.680. The molecule has 0 aliphatic carbocycles. The first-order chi connectivity index (χ1) is 9.49. The van der Waals surface area contributed by atoms with Crippen molar-refractivity contribution in [3.63, 3.8) is 0 Å². The zero-order valence-corrected chi connectivity index (χ0v) is 14.4. The molecule has 1 unspecified atom stereocenters. The Bertz CT molecular complexity index is 476. The molecule has 0 saturated heterocycles. The summed E-state index contributed by atoms with van der Waals surface area (Å²) in [6.45, 7) is 1.56. The van der Waals surface area contributed by atoms with Crippen molar-refractivity contribution in [1.29, 1.82) is 0 Å². The Balaban J connectivity index is 2.94. The summed E-state index contributed by atoms with van der Waals surface area (Å²) in [6.07, 6.45) is -2.25. The number of aromatic nitrogens is 1. The van der Waals surface area contributed by atoms with Gasteiger partial charge in [0.05, 0.1) is 6.61 Å². The highest BCUT2D eigenvalue weighted by Crippen LogP contribution is 2.36. The average molecular weight is 464 g/mol. The second kappa shape index (κ2) is 8.57. The van der Waals surface area contributed by atoms with Crippen LogP contribution in [-0.2, 0) is 14.3 Å². The van der Waals surface area contributed by atoms with Crippen LogP contribution in [0.2, 0.25) is 0 Å². The van der Waals surface area contributed by atoms with Gasteiger partial charge in [-0.15, -0.1) is 0 Å². The maximum atomic E-state index is 13.6. The van der Waals surface area contributed by atoms with Crippen LogP contribution in [-0.4, -0.2) is 37.8 Å². The van der Waals surface area contributed by atoms with Crippen molar-refractivity contribution in [2.24, 2.45) is 0 Å². The molecule has 1 aromatic rings. The number of carbonyl (C=O) groups is 1. The van der Waals surface area contributed by atoms with E-state index in [1.807, 2.05) is 22.6 Å². The predicted octanol–water partition coefficient (Wildman–Crippen LogP) is 2.67. The second-order valence-electron chi connectivity index (χ2n) is 3.30. The average Bonchev–Trinajstić information content (AvgIpc) is 2.37. The molecule has 0 fully saturated rings. The normalized spacial score (nSPS) is 11.8. The molecule has 0 aliphatic rings. The number of halogens is 3. The number of methoxy groups -OCH3 is 1. The fourth-order valence-electron chi connectivity index (χ4n) is 1.16. The quantitative estimate of drug-likeness (QED) is 0.268. The van der Waals surface area contributed by atoms with Crippen LogP contribution in [0.4, 0.5) is 4.39 Å². The van der Waals surface area contributed by atoms with E-state index in [1.54, 1.807) is 6.92 Å². The van der Waals surface area contributed by atoms with Crippen LogP contribution in [0.1, 0.15) is 6.92 Å². The van der Waals surface area contributed by atoms with Crippen molar-refractivity contribution in [3.8, 4) is 11.5 Å². The van der Waals surface area contributed by atoms with Crippen molar-refractivity contribution < 1.29 is 28.1 Å². The summed E-state index contributed by atoms with van der Waals surface area (Å²) < 4.78 is 33.9. The molecule has 0 saturated carbocycles. The van der Waals surface area contributed by atoms with Crippen molar-refractivity contribution in [3.05, 3.63) is 14.4 Å². The van der Waals surface area contributed by atoms with Gasteiger partial charge < -0.3 is 18.9 Å². The zero-order chi connectivity index (χ0) is 15.1. The molecule has 9 heteroatoms. The van der Waals surface area contributed by atoms with Crippen LogP contribution < -0.4 is 9.47 Å². The van der Waals surface area contributed by atoms with Crippen LogP contribution in [0, 0.1) is 3.70 Å². The molecule has 0 N–H and O–H groups in total. The molecule has 1 aromatic heterocycles. The van der Waals surface area contributed by atoms with Gasteiger partial charge in [0.25, 0.3) is 0 Å². The van der Waals surface area contributed by atoms with Gasteiger partial charge in [-0.1, -0.05) is 0 Å². The fourth-order valence-corrected chi connectivity index (χ4v) is 2.51. The van der Waals surface area contributed by atoms with E-state index in [4.69, 9.17) is 14.2 Å². The summed E-state index contributed by atoms with van der Waals surface area (Å²) in [5.74, 6) is -0.943. The van der Waals surface area contributed by atoms with Crippen LogP contribution in [0.15, 0.2) is 10.7 Å². The Kier molecular flexibility index (Phi) is 7.45. The van der Waals surface area contributed by atoms with Crippen molar-refractivity contribution >= 4 is 44.5 Å². The topological polar surface area (TPSA) is 66.9 Å². The monoisotopic (exact) mass is 463 g/mol. The number of hydrogen-bond donors (Lipinski definition) is 0. The van der Waals surface area contributed by atoms with E-state index in [2.05, 4.69) is 25.7 Å². The van der Waals surface area contributed by atoms with Gasteiger partial charge in [0.2, 0.25) is 0 Å². The standard InChI is InChI=1S/C11H12BrFINO5/c1-3-18-11(16)10(13)20-6-4-7(14)15-9(12)8(6)19-5-17-2/h4,10H,3,5H2,1-2H3. The Labute approximate surface area is 137 Å². The lowest BCUT2D eigenvalue weighted by atomic mass is 10.4. The number of esters is 1. The first-order valence-corrected chi connectivity index (χ1v) is 7.31. The third kappa shape index (κ3) is 5.02. The van der Waals surface area contributed by atoms with Gasteiger partial charge in [-0.2, -0.15) is 4.39 Å². The smallest absolute Gasteiger partial charge is 0.381 e. The molecule has 1 rings (SSSR count). The highest BCUT2D eigenvalue weighted by Gasteiger charge is 2.24. The third-order valence-corrected chi connectivity index (χ3v) is 2.98. The maximum Gasteiger partial charge on any atom is 0.381 e. The summed E-state index contributed by atoms with van der Waals surface area (Å²) in [4.78, 5) is 15.3. The Morgan fingerprint density at radius 1 is 1.60 bits per heavy atom. The van der Waals surface area contributed by atoms with E-state index in [9.17, 15) is 9.18 Å². The summed E-state index contributed by atoms with van der Waals surface area (Å²) in [5, 5.41) is 0. The van der Waals surface area contributed by atoms with Gasteiger partial charge >= 0.3 is 12.3 Å².